The molecule has 0 saturated carbocycles. The Labute approximate surface area is 194 Å². The van der Waals surface area contributed by atoms with Crippen molar-refractivity contribution >= 4 is 23.1 Å². The van der Waals surface area contributed by atoms with Crippen LogP contribution in [0, 0.1) is 0 Å². The highest BCUT2D eigenvalue weighted by Gasteiger charge is 2.23. The molecule has 0 atom stereocenters. The second-order valence-corrected chi connectivity index (χ2v) is 8.52. The lowest BCUT2D eigenvalue weighted by Crippen LogP contribution is -2.50. The van der Waals surface area contributed by atoms with E-state index in [2.05, 4.69) is 25.2 Å². The number of rotatable bonds is 5. The lowest BCUT2D eigenvalue weighted by atomic mass is 10.2. The van der Waals surface area contributed by atoms with Crippen LogP contribution >= 0.6 is 11.3 Å². The first-order valence-corrected chi connectivity index (χ1v) is 11.4. The summed E-state index contributed by atoms with van der Waals surface area (Å²) < 4.78 is 1.24. The van der Waals surface area contributed by atoms with Gasteiger partial charge in [0.05, 0.1) is 10.6 Å². The van der Waals surface area contributed by atoms with E-state index in [4.69, 9.17) is 0 Å². The van der Waals surface area contributed by atoms with Crippen LogP contribution in [-0.4, -0.2) is 61.9 Å². The third-order valence-electron chi connectivity index (χ3n) is 5.51. The van der Waals surface area contributed by atoms with E-state index < -0.39 is 0 Å². The van der Waals surface area contributed by atoms with E-state index in [-0.39, 0.29) is 18.0 Å². The minimum Gasteiger partial charge on any atom is -0.352 e. The molecule has 1 amide bonds. The number of carbonyl (C=O) groups is 1. The molecule has 1 fully saturated rings. The molecule has 5 rings (SSSR count). The summed E-state index contributed by atoms with van der Waals surface area (Å²) in [6.07, 6.45) is 3.45. The van der Waals surface area contributed by atoms with Crippen molar-refractivity contribution in [2.45, 2.75) is 6.54 Å². The van der Waals surface area contributed by atoms with Crippen molar-refractivity contribution in [2.75, 3.05) is 31.1 Å². The number of nitrogens with zero attached hydrogens (tertiary/aromatic N) is 7. The summed E-state index contributed by atoms with van der Waals surface area (Å²) in [5.41, 5.74) is 2.16. The monoisotopic (exact) mass is 459 g/mol. The van der Waals surface area contributed by atoms with E-state index >= 15 is 0 Å². The van der Waals surface area contributed by atoms with Crippen LogP contribution in [0.5, 0.6) is 0 Å². The summed E-state index contributed by atoms with van der Waals surface area (Å²) in [4.78, 5) is 33.9. The van der Waals surface area contributed by atoms with Gasteiger partial charge in [-0.05, 0) is 41.8 Å². The first kappa shape index (κ1) is 21.0. The standard InChI is InChI=1S/C23H21N7O2S/c31-22-6-4-19(20-2-1-15-33-20)27-30(22)16-23(32)29-13-11-28(12-14-29)21-5-3-18(25-26-21)17-7-9-24-10-8-17/h1-10,15H,11-14,16H2. The number of amides is 1. The van der Waals surface area contributed by atoms with Gasteiger partial charge < -0.3 is 9.80 Å². The molecule has 4 aromatic rings. The van der Waals surface area contributed by atoms with Crippen molar-refractivity contribution < 1.29 is 4.79 Å². The van der Waals surface area contributed by atoms with Crippen molar-refractivity contribution in [2.24, 2.45) is 0 Å². The van der Waals surface area contributed by atoms with Crippen LogP contribution in [0.3, 0.4) is 0 Å². The molecule has 5 heterocycles. The van der Waals surface area contributed by atoms with Crippen LogP contribution in [0.4, 0.5) is 5.82 Å². The van der Waals surface area contributed by atoms with Gasteiger partial charge >= 0.3 is 0 Å². The number of anilines is 1. The molecule has 166 valence electrons. The molecular formula is C23H21N7O2S. The highest BCUT2D eigenvalue weighted by Crippen LogP contribution is 2.21. The lowest BCUT2D eigenvalue weighted by Gasteiger charge is -2.35. The normalized spacial score (nSPS) is 13.8. The Kier molecular flexibility index (Phi) is 5.90. The summed E-state index contributed by atoms with van der Waals surface area (Å²) in [7, 11) is 0. The van der Waals surface area contributed by atoms with Crippen LogP contribution < -0.4 is 10.5 Å². The highest BCUT2D eigenvalue weighted by atomic mass is 32.1. The fraction of sp³-hybridized carbons (Fsp3) is 0.217. The molecule has 0 bridgehead atoms. The van der Waals surface area contributed by atoms with Crippen LogP contribution in [-0.2, 0) is 11.3 Å². The fourth-order valence-corrected chi connectivity index (χ4v) is 4.39. The van der Waals surface area contributed by atoms with Crippen molar-refractivity contribution in [3.63, 3.8) is 0 Å². The van der Waals surface area contributed by atoms with Gasteiger partial charge in [-0.1, -0.05) is 6.07 Å². The van der Waals surface area contributed by atoms with E-state index in [0.717, 1.165) is 22.0 Å². The van der Waals surface area contributed by atoms with Crippen LogP contribution in [0.25, 0.3) is 21.8 Å². The van der Waals surface area contributed by atoms with Gasteiger partial charge in [-0.15, -0.1) is 21.5 Å². The van der Waals surface area contributed by atoms with Crippen LogP contribution in [0.1, 0.15) is 0 Å². The van der Waals surface area contributed by atoms with Crippen molar-refractivity contribution in [1.82, 2.24) is 29.9 Å². The average molecular weight is 460 g/mol. The highest BCUT2D eigenvalue weighted by molar-refractivity contribution is 7.13. The Morgan fingerprint density at radius 1 is 0.909 bits per heavy atom. The second-order valence-electron chi connectivity index (χ2n) is 7.57. The number of aromatic nitrogens is 5. The van der Waals surface area contributed by atoms with Crippen molar-refractivity contribution in [3.8, 4) is 21.8 Å². The average Bonchev–Trinajstić information content (AvgIpc) is 3.41. The quantitative estimate of drug-likeness (QED) is 0.451. The maximum absolute atomic E-state index is 12.8. The first-order chi connectivity index (χ1) is 16.2. The lowest BCUT2D eigenvalue weighted by molar-refractivity contribution is -0.132. The Balaban J connectivity index is 1.20. The van der Waals surface area contributed by atoms with E-state index in [1.54, 1.807) is 34.7 Å². The Hall–Kier alpha value is -3.92. The Morgan fingerprint density at radius 2 is 1.70 bits per heavy atom. The van der Waals surface area contributed by atoms with Gasteiger partial charge in [-0.3, -0.25) is 14.6 Å². The summed E-state index contributed by atoms with van der Waals surface area (Å²) in [6.45, 7) is 2.32. The zero-order chi connectivity index (χ0) is 22.6. The Bertz CT molecular complexity index is 1280. The summed E-state index contributed by atoms with van der Waals surface area (Å²) in [5, 5.41) is 15.0. The third-order valence-corrected chi connectivity index (χ3v) is 6.40. The number of piperazine rings is 1. The molecule has 9 nitrogen and oxygen atoms in total. The molecule has 1 aliphatic heterocycles. The minimum absolute atomic E-state index is 0.0709. The molecule has 4 aromatic heterocycles. The molecule has 0 N–H and O–H groups in total. The van der Waals surface area contributed by atoms with E-state index in [0.29, 0.717) is 31.9 Å². The molecule has 1 aliphatic rings. The van der Waals surface area contributed by atoms with E-state index in [9.17, 15) is 9.59 Å². The van der Waals surface area contributed by atoms with Gasteiger partial charge in [0.2, 0.25) is 5.91 Å². The maximum Gasteiger partial charge on any atom is 0.267 e. The molecule has 10 heteroatoms. The number of carbonyl (C=O) groups excluding carboxylic acids is 1. The molecular weight excluding hydrogens is 438 g/mol. The number of thiophene rings is 1. The zero-order valence-electron chi connectivity index (χ0n) is 17.7. The molecule has 0 aliphatic carbocycles. The summed E-state index contributed by atoms with van der Waals surface area (Å²) >= 11 is 1.54. The first-order valence-electron chi connectivity index (χ1n) is 10.6. The zero-order valence-corrected chi connectivity index (χ0v) is 18.6. The smallest absolute Gasteiger partial charge is 0.267 e. The minimum atomic E-state index is -0.285. The van der Waals surface area contributed by atoms with Crippen molar-refractivity contribution in [1.29, 1.82) is 0 Å². The van der Waals surface area contributed by atoms with E-state index in [1.165, 1.54) is 10.7 Å². The summed E-state index contributed by atoms with van der Waals surface area (Å²) in [5.74, 6) is 0.660. The molecule has 1 saturated heterocycles. The third kappa shape index (κ3) is 4.65. The van der Waals surface area contributed by atoms with Crippen molar-refractivity contribution in [3.05, 3.63) is 76.7 Å². The van der Waals surface area contributed by atoms with E-state index in [1.807, 2.05) is 41.8 Å². The summed E-state index contributed by atoms with van der Waals surface area (Å²) in [6, 6.07) is 14.7. The molecule has 0 radical (unpaired) electrons. The van der Waals surface area contributed by atoms with Gasteiger partial charge in [-0.25, -0.2) is 4.68 Å². The maximum atomic E-state index is 12.8. The molecule has 0 aromatic carbocycles. The predicted molar refractivity (Wildman–Crippen MR) is 126 cm³/mol. The SMILES string of the molecule is O=C(Cn1nc(-c2cccs2)ccc1=O)N1CCN(c2ccc(-c3ccncc3)nn2)CC1. The van der Waals surface area contributed by atoms with Gasteiger partial charge in [0.15, 0.2) is 5.82 Å². The molecule has 0 unspecified atom stereocenters. The van der Waals surface area contributed by atoms with Gasteiger partial charge in [0.1, 0.15) is 12.2 Å². The number of hydrogen-bond donors (Lipinski definition) is 0. The number of hydrogen-bond acceptors (Lipinski definition) is 8. The molecule has 33 heavy (non-hydrogen) atoms. The topological polar surface area (TPSA) is 97.1 Å². The second kappa shape index (κ2) is 9.29. The van der Waals surface area contributed by atoms with Crippen LogP contribution in [0.2, 0.25) is 0 Å². The van der Waals surface area contributed by atoms with Gasteiger partial charge in [0.25, 0.3) is 5.56 Å². The Morgan fingerprint density at radius 3 is 2.39 bits per heavy atom. The molecule has 0 spiro atoms. The number of pyridine rings is 1. The fourth-order valence-electron chi connectivity index (χ4n) is 3.70. The predicted octanol–water partition coefficient (Wildman–Crippen LogP) is 2.17. The van der Waals surface area contributed by atoms with Gasteiger partial charge in [0, 0.05) is 50.2 Å². The van der Waals surface area contributed by atoms with Crippen LogP contribution in [0.15, 0.2) is 71.1 Å². The van der Waals surface area contributed by atoms with Gasteiger partial charge in [-0.2, -0.15) is 5.10 Å². The largest absolute Gasteiger partial charge is 0.352 e.